The highest BCUT2D eigenvalue weighted by atomic mass is 16.5. The molecule has 1 aromatic carbocycles. The Morgan fingerprint density at radius 3 is 2.90 bits per heavy atom. The maximum atomic E-state index is 5.86. The van der Waals surface area contributed by atoms with Gasteiger partial charge in [0.1, 0.15) is 5.76 Å². The zero-order chi connectivity index (χ0) is 14.1. The van der Waals surface area contributed by atoms with Crippen molar-refractivity contribution in [2.75, 3.05) is 6.54 Å². The Morgan fingerprint density at radius 2 is 2.00 bits per heavy atom. The molecule has 3 aliphatic rings. The summed E-state index contributed by atoms with van der Waals surface area (Å²) in [4.78, 5) is 0. The molecule has 0 radical (unpaired) electrons. The van der Waals surface area contributed by atoms with Crippen LogP contribution in [0.2, 0.25) is 0 Å². The minimum absolute atomic E-state index is 0.970. The van der Waals surface area contributed by atoms with E-state index in [4.69, 9.17) is 4.74 Å². The Labute approximate surface area is 125 Å². The molecule has 1 N–H and O–H groups in total. The summed E-state index contributed by atoms with van der Waals surface area (Å²) < 4.78 is 5.86. The van der Waals surface area contributed by atoms with E-state index in [9.17, 15) is 0 Å². The lowest BCUT2D eigenvalue weighted by molar-refractivity contribution is 0.373. The number of fused-ring (bicyclic) bond motifs is 2. The number of piperidine rings is 1. The van der Waals surface area contributed by atoms with E-state index in [1.165, 1.54) is 40.8 Å². The molecule has 2 heterocycles. The van der Waals surface area contributed by atoms with Gasteiger partial charge in [0.05, 0.1) is 6.26 Å². The zero-order valence-electron chi connectivity index (χ0n) is 12.1. The van der Waals surface area contributed by atoms with Gasteiger partial charge in [-0.3, -0.25) is 0 Å². The van der Waals surface area contributed by atoms with Crippen LogP contribution in [0.15, 0.2) is 59.7 Å². The van der Waals surface area contributed by atoms with Crippen molar-refractivity contribution in [1.82, 2.24) is 5.32 Å². The maximum absolute atomic E-state index is 5.86. The molecule has 0 saturated carbocycles. The van der Waals surface area contributed by atoms with Gasteiger partial charge in [-0.1, -0.05) is 30.3 Å². The molecule has 1 aliphatic carbocycles. The van der Waals surface area contributed by atoms with Crippen molar-refractivity contribution in [3.8, 4) is 0 Å². The van der Waals surface area contributed by atoms with Crippen molar-refractivity contribution in [2.45, 2.75) is 25.7 Å². The number of nitrogens with one attached hydrogen (secondary N) is 1. The molecule has 0 atom stereocenters. The van der Waals surface area contributed by atoms with E-state index in [0.29, 0.717) is 0 Å². The Kier molecular flexibility index (Phi) is 3.15. The summed E-state index contributed by atoms with van der Waals surface area (Å²) in [5, 5.41) is 3.61. The average molecular weight is 277 g/mol. The van der Waals surface area contributed by atoms with E-state index in [1.54, 1.807) is 6.26 Å². The first kappa shape index (κ1) is 12.5. The first-order valence-corrected chi connectivity index (χ1v) is 7.73. The lowest BCUT2D eigenvalue weighted by Crippen LogP contribution is -2.22. The fraction of sp³-hybridized carbons (Fsp3) is 0.263. The normalized spacial score (nSPS) is 23.8. The number of hydrogen-bond acceptors (Lipinski definition) is 2. The second kappa shape index (κ2) is 5.28. The summed E-state index contributed by atoms with van der Waals surface area (Å²) >= 11 is 0. The third kappa shape index (κ3) is 2.21. The number of allylic oxidation sites excluding steroid dienone is 5. The van der Waals surface area contributed by atoms with E-state index in [0.717, 1.165) is 25.1 Å². The van der Waals surface area contributed by atoms with Crippen molar-refractivity contribution in [3.63, 3.8) is 0 Å². The summed E-state index contributed by atoms with van der Waals surface area (Å²) in [7, 11) is 0. The maximum Gasteiger partial charge on any atom is 0.134 e. The highest BCUT2D eigenvalue weighted by Gasteiger charge is 2.23. The van der Waals surface area contributed by atoms with Crippen LogP contribution in [-0.2, 0) is 4.74 Å². The first-order chi connectivity index (χ1) is 10.4. The molecule has 0 unspecified atom stereocenters. The molecule has 2 heteroatoms. The van der Waals surface area contributed by atoms with Gasteiger partial charge < -0.3 is 10.1 Å². The average Bonchev–Trinajstić information content (AvgIpc) is 2.75. The topological polar surface area (TPSA) is 21.3 Å². The van der Waals surface area contributed by atoms with Crippen LogP contribution in [0.4, 0.5) is 0 Å². The van der Waals surface area contributed by atoms with Gasteiger partial charge in [-0.2, -0.15) is 0 Å². The van der Waals surface area contributed by atoms with Crippen LogP contribution in [0.25, 0.3) is 11.6 Å². The van der Waals surface area contributed by atoms with Crippen LogP contribution in [-0.4, -0.2) is 6.54 Å². The van der Waals surface area contributed by atoms with E-state index in [2.05, 4.69) is 47.8 Å². The monoisotopic (exact) mass is 277 g/mol. The lowest BCUT2D eigenvalue weighted by Gasteiger charge is -2.25. The van der Waals surface area contributed by atoms with Crippen molar-refractivity contribution in [2.24, 2.45) is 0 Å². The molecule has 1 saturated heterocycles. The quantitative estimate of drug-likeness (QED) is 0.759. The summed E-state index contributed by atoms with van der Waals surface area (Å²) in [6.07, 6.45) is 12.8. The summed E-state index contributed by atoms with van der Waals surface area (Å²) in [5.74, 6) is 0.970. The van der Waals surface area contributed by atoms with Crippen LogP contribution < -0.4 is 5.32 Å². The first-order valence-electron chi connectivity index (χ1n) is 7.73. The molecule has 2 aliphatic heterocycles. The molecule has 21 heavy (non-hydrogen) atoms. The molecular weight excluding hydrogens is 258 g/mol. The van der Waals surface area contributed by atoms with Crippen LogP contribution >= 0.6 is 0 Å². The van der Waals surface area contributed by atoms with Crippen molar-refractivity contribution in [1.29, 1.82) is 0 Å². The van der Waals surface area contributed by atoms with Gasteiger partial charge in [-0.05, 0) is 54.5 Å². The van der Waals surface area contributed by atoms with E-state index >= 15 is 0 Å². The largest absolute Gasteiger partial charge is 0.464 e. The fourth-order valence-corrected chi connectivity index (χ4v) is 3.35. The number of rotatable bonds is 0. The second-order valence-electron chi connectivity index (χ2n) is 5.69. The molecule has 1 fully saturated rings. The minimum atomic E-state index is 0.970. The van der Waals surface area contributed by atoms with Gasteiger partial charge in [-0.15, -0.1) is 0 Å². The number of ether oxygens (including phenoxy) is 1. The summed E-state index contributed by atoms with van der Waals surface area (Å²) in [6.45, 7) is 1.09. The number of hydrogen-bond donors (Lipinski definition) is 1. The highest BCUT2D eigenvalue weighted by molar-refractivity contribution is 5.88. The van der Waals surface area contributed by atoms with Gasteiger partial charge in [0.15, 0.2) is 0 Å². The second-order valence-corrected chi connectivity index (χ2v) is 5.69. The Balaban J connectivity index is 1.91. The highest BCUT2D eigenvalue weighted by Crippen LogP contribution is 2.39. The van der Waals surface area contributed by atoms with Crippen LogP contribution in [0.1, 0.15) is 36.8 Å². The molecule has 2 nitrogen and oxygen atoms in total. The molecule has 4 rings (SSSR count). The Morgan fingerprint density at radius 1 is 1.05 bits per heavy atom. The van der Waals surface area contributed by atoms with Crippen LogP contribution in [0.3, 0.4) is 0 Å². The third-order valence-electron chi connectivity index (χ3n) is 4.37. The minimum Gasteiger partial charge on any atom is -0.464 e. The van der Waals surface area contributed by atoms with E-state index in [-0.39, 0.29) is 0 Å². The van der Waals surface area contributed by atoms with E-state index in [1.807, 2.05) is 0 Å². The van der Waals surface area contributed by atoms with Gasteiger partial charge in [0.25, 0.3) is 0 Å². The molecular formula is C19H19NO. The van der Waals surface area contributed by atoms with Gasteiger partial charge in [-0.25, -0.2) is 0 Å². The van der Waals surface area contributed by atoms with Gasteiger partial charge in [0.2, 0.25) is 0 Å². The summed E-state index contributed by atoms with van der Waals surface area (Å²) in [6, 6.07) is 8.54. The fourth-order valence-electron chi connectivity index (χ4n) is 3.35. The van der Waals surface area contributed by atoms with Crippen LogP contribution in [0.5, 0.6) is 0 Å². The molecule has 0 amide bonds. The molecule has 0 spiro atoms. The molecule has 1 aromatic rings. The van der Waals surface area contributed by atoms with Crippen molar-refractivity contribution < 1.29 is 4.74 Å². The predicted molar refractivity (Wildman–Crippen MR) is 86.1 cm³/mol. The molecule has 0 bridgehead atoms. The third-order valence-corrected chi connectivity index (χ3v) is 4.37. The zero-order valence-corrected chi connectivity index (χ0v) is 12.1. The Bertz CT molecular complexity index is 683. The molecule has 106 valence electrons. The van der Waals surface area contributed by atoms with Crippen LogP contribution in [0, 0.1) is 0 Å². The Hall–Kier alpha value is -2.22. The lowest BCUT2D eigenvalue weighted by atomic mass is 9.86. The van der Waals surface area contributed by atoms with E-state index < -0.39 is 0 Å². The van der Waals surface area contributed by atoms with Gasteiger partial charge >= 0.3 is 0 Å². The smallest absolute Gasteiger partial charge is 0.134 e. The number of benzene rings is 1. The summed E-state index contributed by atoms with van der Waals surface area (Å²) in [5.41, 5.74) is 6.58. The predicted octanol–water partition coefficient (Wildman–Crippen LogP) is 4.39. The van der Waals surface area contributed by atoms with Gasteiger partial charge in [0, 0.05) is 17.8 Å². The standard InChI is InChI=1S/C19H19NO/c1-2-7-15-14(6-1)11-13-21-18-10-5-8-16(19(15)18)17-9-3-4-12-20-17/h1-2,5-7,10-11,13,20H,3-4,8-9,12H2. The van der Waals surface area contributed by atoms with Crippen molar-refractivity contribution in [3.05, 3.63) is 70.8 Å². The van der Waals surface area contributed by atoms with Crippen molar-refractivity contribution >= 4 is 11.6 Å². The SMILES string of the molecule is C1=CC2=C(C(=C3CCCCN3)C1)c1ccccc1C=CO2. The molecule has 0 aromatic heterocycles.